The summed E-state index contributed by atoms with van der Waals surface area (Å²) in [7, 11) is 0. The molecule has 1 N–H and O–H groups in total. The molecular formula is C16H11N3O2S. The van der Waals surface area contributed by atoms with Crippen molar-refractivity contribution in [2.75, 3.05) is 0 Å². The van der Waals surface area contributed by atoms with Crippen LogP contribution in [0.4, 0.5) is 0 Å². The van der Waals surface area contributed by atoms with Gasteiger partial charge in [-0.1, -0.05) is 18.2 Å². The summed E-state index contributed by atoms with van der Waals surface area (Å²) in [5, 5.41) is 10.8. The molecular weight excluding hydrogens is 298 g/mol. The molecule has 1 aromatic carbocycles. The van der Waals surface area contributed by atoms with Gasteiger partial charge in [0.1, 0.15) is 0 Å². The summed E-state index contributed by atoms with van der Waals surface area (Å²) in [5.41, 5.74) is 0.965. The van der Waals surface area contributed by atoms with Crippen molar-refractivity contribution >= 4 is 11.3 Å². The number of nitriles is 1. The first-order chi connectivity index (χ1) is 10.7. The van der Waals surface area contributed by atoms with Crippen molar-refractivity contribution in [2.45, 2.75) is 6.54 Å². The molecule has 3 rings (SSSR count). The highest BCUT2D eigenvalue weighted by Crippen LogP contribution is 2.20. The van der Waals surface area contributed by atoms with Gasteiger partial charge in [0.05, 0.1) is 23.7 Å². The highest BCUT2D eigenvalue weighted by molar-refractivity contribution is 7.13. The zero-order chi connectivity index (χ0) is 15.5. The molecule has 0 bridgehead atoms. The Balaban J connectivity index is 2.04. The average molecular weight is 309 g/mol. The number of benzene rings is 1. The first-order valence-corrected chi connectivity index (χ1v) is 7.42. The Kier molecular flexibility index (Phi) is 3.73. The lowest BCUT2D eigenvalue weighted by Gasteiger charge is -2.07. The third kappa shape index (κ3) is 2.75. The SMILES string of the molecule is N#Cc1cccc(Cn2cc(-c3cccs3)c(=O)[nH]c2=O)c1. The van der Waals surface area contributed by atoms with E-state index in [0.717, 1.165) is 10.4 Å². The summed E-state index contributed by atoms with van der Waals surface area (Å²) in [4.78, 5) is 27.0. The minimum absolute atomic E-state index is 0.295. The van der Waals surface area contributed by atoms with Crippen LogP contribution >= 0.6 is 11.3 Å². The minimum Gasteiger partial charge on any atom is -0.296 e. The van der Waals surface area contributed by atoms with Gasteiger partial charge in [0.25, 0.3) is 5.56 Å². The molecule has 0 aliphatic carbocycles. The number of thiophene rings is 1. The molecule has 6 heteroatoms. The third-order valence-electron chi connectivity index (χ3n) is 3.21. The predicted octanol–water partition coefficient (Wildman–Crippen LogP) is 2.19. The van der Waals surface area contributed by atoms with Crippen LogP contribution in [-0.4, -0.2) is 9.55 Å². The van der Waals surface area contributed by atoms with E-state index in [-0.39, 0.29) is 0 Å². The lowest BCUT2D eigenvalue weighted by Crippen LogP contribution is -2.30. The maximum atomic E-state index is 12.0. The number of aromatic nitrogens is 2. The summed E-state index contributed by atoms with van der Waals surface area (Å²) >= 11 is 1.44. The van der Waals surface area contributed by atoms with Crippen molar-refractivity contribution in [3.05, 3.63) is 79.9 Å². The van der Waals surface area contributed by atoms with Crippen molar-refractivity contribution in [1.82, 2.24) is 9.55 Å². The molecule has 0 amide bonds. The van der Waals surface area contributed by atoms with E-state index < -0.39 is 11.2 Å². The van der Waals surface area contributed by atoms with Crippen LogP contribution in [-0.2, 0) is 6.54 Å². The minimum atomic E-state index is -0.465. The molecule has 0 saturated carbocycles. The number of H-pyrrole nitrogens is 1. The monoisotopic (exact) mass is 309 g/mol. The molecule has 2 aromatic heterocycles. The largest absolute Gasteiger partial charge is 0.328 e. The number of hydrogen-bond donors (Lipinski definition) is 1. The standard InChI is InChI=1S/C16H11N3O2S/c17-8-11-3-1-4-12(7-11)9-19-10-13(14-5-2-6-22-14)15(20)18-16(19)21/h1-7,10H,9H2,(H,18,20,21). The summed E-state index contributed by atoms with van der Waals surface area (Å²) < 4.78 is 1.44. The summed E-state index contributed by atoms with van der Waals surface area (Å²) in [6.45, 7) is 0.295. The molecule has 0 aliphatic heterocycles. The van der Waals surface area contributed by atoms with Gasteiger partial charge < -0.3 is 0 Å². The first kappa shape index (κ1) is 14.0. The second-order valence-corrected chi connectivity index (χ2v) is 5.67. The number of nitrogens with one attached hydrogen (secondary N) is 1. The Morgan fingerprint density at radius 3 is 2.82 bits per heavy atom. The van der Waals surface area contributed by atoms with Crippen molar-refractivity contribution in [1.29, 1.82) is 5.26 Å². The Hall–Kier alpha value is -2.91. The van der Waals surface area contributed by atoms with Crippen molar-refractivity contribution in [3.8, 4) is 16.5 Å². The molecule has 5 nitrogen and oxygen atoms in total. The molecule has 0 atom stereocenters. The number of nitrogens with zero attached hydrogens (tertiary/aromatic N) is 2. The van der Waals surface area contributed by atoms with Crippen molar-refractivity contribution in [2.24, 2.45) is 0 Å². The van der Waals surface area contributed by atoms with Crippen LogP contribution in [0.3, 0.4) is 0 Å². The van der Waals surface area contributed by atoms with Crippen LogP contribution in [0.5, 0.6) is 0 Å². The molecule has 0 fully saturated rings. The number of aromatic amines is 1. The fourth-order valence-electron chi connectivity index (χ4n) is 2.17. The van der Waals surface area contributed by atoms with E-state index in [9.17, 15) is 9.59 Å². The van der Waals surface area contributed by atoms with Crippen LogP contribution in [0.2, 0.25) is 0 Å². The van der Waals surface area contributed by atoms with Gasteiger partial charge in [-0.15, -0.1) is 11.3 Å². The second-order valence-electron chi connectivity index (χ2n) is 4.72. The van der Waals surface area contributed by atoms with E-state index in [2.05, 4.69) is 11.1 Å². The maximum Gasteiger partial charge on any atom is 0.328 e. The quantitative estimate of drug-likeness (QED) is 0.805. The van der Waals surface area contributed by atoms with E-state index in [1.165, 1.54) is 15.9 Å². The van der Waals surface area contributed by atoms with Crippen LogP contribution in [0, 0.1) is 11.3 Å². The van der Waals surface area contributed by atoms with Gasteiger partial charge >= 0.3 is 5.69 Å². The van der Waals surface area contributed by atoms with Crippen LogP contribution in [0.15, 0.2) is 57.6 Å². The molecule has 3 aromatic rings. The van der Waals surface area contributed by atoms with E-state index in [1.807, 2.05) is 23.6 Å². The van der Waals surface area contributed by atoms with Gasteiger partial charge in [-0.25, -0.2) is 4.79 Å². The van der Waals surface area contributed by atoms with E-state index >= 15 is 0 Å². The smallest absolute Gasteiger partial charge is 0.296 e. The number of rotatable bonds is 3. The van der Waals surface area contributed by atoms with E-state index in [0.29, 0.717) is 17.7 Å². The Bertz CT molecular complexity index is 962. The summed E-state index contributed by atoms with van der Waals surface area (Å²) in [5.74, 6) is 0. The van der Waals surface area contributed by atoms with E-state index in [1.54, 1.807) is 24.4 Å². The van der Waals surface area contributed by atoms with Crippen LogP contribution < -0.4 is 11.2 Å². The molecule has 22 heavy (non-hydrogen) atoms. The molecule has 108 valence electrons. The fourth-order valence-corrected chi connectivity index (χ4v) is 2.90. The van der Waals surface area contributed by atoms with Gasteiger partial charge in [0.15, 0.2) is 0 Å². The first-order valence-electron chi connectivity index (χ1n) is 6.54. The van der Waals surface area contributed by atoms with Crippen molar-refractivity contribution in [3.63, 3.8) is 0 Å². The van der Waals surface area contributed by atoms with Crippen LogP contribution in [0.25, 0.3) is 10.4 Å². The van der Waals surface area contributed by atoms with Gasteiger partial charge in [-0.05, 0) is 29.1 Å². The second kappa shape index (κ2) is 5.84. The Morgan fingerprint density at radius 1 is 1.23 bits per heavy atom. The van der Waals surface area contributed by atoms with Crippen LogP contribution in [0.1, 0.15) is 11.1 Å². The zero-order valence-electron chi connectivity index (χ0n) is 11.4. The molecule has 0 saturated heterocycles. The highest BCUT2D eigenvalue weighted by atomic mass is 32.1. The predicted molar refractivity (Wildman–Crippen MR) is 84.9 cm³/mol. The molecule has 0 unspecified atom stereocenters. The number of hydrogen-bond acceptors (Lipinski definition) is 4. The van der Waals surface area contributed by atoms with Crippen molar-refractivity contribution < 1.29 is 0 Å². The molecule has 0 aliphatic rings. The Morgan fingerprint density at radius 2 is 2.09 bits per heavy atom. The fraction of sp³-hybridized carbons (Fsp3) is 0.0625. The lowest BCUT2D eigenvalue weighted by atomic mass is 10.1. The Labute approximate surface area is 129 Å². The molecule has 0 spiro atoms. The summed E-state index contributed by atoms with van der Waals surface area (Å²) in [6, 6.07) is 12.8. The van der Waals surface area contributed by atoms with Gasteiger partial charge in [-0.2, -0.15) is 5.26 Å². The molecule has 0 radical (unpaired) electrons. The molecule has 2 heterocycles. The third-order valence-corrected chi connectivity index (χ3v) is 4.11. The van der Waals surface area contributed by atoms with Gasteiger partial charge in [0.2, 0.25) is 0 Å². The maximum absolute atomic E-state index is 12.0. The highest BCUT2D eigenvalue weighted by Gasteiger charge is 2.08. The van der Waals surface area contributed by atoms with Gasteiger partial charge in [0, 0.05) is 11.1 Å². The van der Waals surface area contributed by atoms with Gasteiger partial charge in [-0.3, -0.25) is 14.3 Å². The average Bonchev–Trinajstić information content (AvgIpc) is 3.04. The zero-order valence-corrected chi connectivity index (χ0v) is 12.3. The topological polar surface area (TPSA) is 78.7 Å². The lowest BCUT2D eigenvalue weighted by molar-refractivity contribution is 0.723. The van der Waals surface area contributed by atoms with E-state index in [4.69, 9.17) is 5.26 Å². The normalized spacial score (nSPS) is 10.3. The summed E-state index contributed by atoms with van der Waals surface area (Å²) in [6.07, 6.45) is 1.56.